The number of carbonyl (C=O) groups is 1. The Kier molecular flexibility index (Phi) is 5.97. The minimum Gasteiger partial charge on any atom is -0.497 e. The summed E-state index contributed by atoms with van der Waals surface area (Å²) in [6.45, 7) is 5.19. The summed E-state index contributed by atoms with van der Waals surface area (Å²) in [4.78, 5) is 16.5. The number of β-amino-alcohol motifs (C(OH)–C–C–N with tert-alkyl or cyclic N) is 1. The highest BCUT2D eigenvalue weighted by atomic mass is 16.5. The van der Waals surface area contributed by atoms with Gasteiger partial charge < -0.3 is 23.9 Å². The second-order valence-corrected chi connectivity index (χ2v) is 8.96. The first-order valence-corrected chi connectivity index (χ1v) is 11.4. The van der Waals surface area contributed by atoms with Gasteiger partial charge in [0.2, 0.25) is 5.89 Å². The molecule has 34 heavy (non-hydrogen) atoms. The van der Waals surface area contributed by atoms with E-state index in [4.69, 9.17) is 13.9 Å². The third kappa shape index (κ3) is 4.62. The molecule has 2 fully saturated rings. The monoisotopic (exact) mass is 464 g/mol. The number of rotatable bonds is 8. The predicted molar refractivity (Wildman–Crippen MR) is 124 cm³/mol. The zero-order valence-corrected chi connectivity index (χ0v) is 19.3. The van der Waals surface area contributed by atoms with E-state index in [0.717, 1.165) is 43.1 Å². The molecule has 2 saturated heterocycles. The van der Waals surface area contributed by atoms with E-state index >= 15 is 0 Å². The fourth-order valence-electron chi connectivity index (χ4n) is 4.22. The van der Waals surface area contributed by atoms with Crippen LogP contribution in [0.25, 0.3) is 11.5 Å². The highest BCUT2D eigenvalue weighted by Gasteiger charge is 2.39. The highest BCUT2D eigenvalue weighted by Crippen LogP contribution is 2.27. The molecule has 1 amide bonds. The van der Waals surface area contributed by atoms with Gasteiger partial charge >= 0.3 is 11.8 Å². The lowest BCUT2D eigenvalue weighted by Gasteiger charge is -2.46. The second kappa shape index (κ2) is 9.08. The van der Waals surface area contributed by atoms with Crippen molar-refractivity contribution in [3.05, 3.63) is 60.0 Å². The number of ether oxygens (including phenoxy) is 2. The van der Waals surface area contributed by atoms with Gasteiger partial charge in [-0.25, -0.2) is 0 Å². The standard InChI is InChI=1S/C25H28N4O5/c1-3-25(31)15-28(16-25)12-17-4-8-20(9-5-17)33-21-13-29(14-21)24(30)23-27-26-22(34-23)18-6-10-19(32-2)11-7-18/h4-11,21,31H,3,12-16H2,1-2H3. The van der Waals surface area contributed by atoms with Crippen LogP contribution in [0.4, 0.5) is 0 Å². The molecule has 3 heterocycles. The third-order valence-corrected chi connectivity index (χ3v) is 6.41. The Morgan fingerprint density at radius 1 is 1.09 bits per heavy atom. The van der Waals surface area contributed by atoms with Crippen molar-refractivity contribution in [3.8, 4) is 23.0 Å². The number of carbonyl (C=O) groups excluding carboxylic acids is 1. The molecule has 2 aromatic carbocycles. The molecule has 9 heteroatoms. The number of benzene rings is 2. The van der Waals surface area contributed by atoms with Crippen molar-refractivity contribution >= 4 is 5.91 Å². The average Bonchev–Trinajstić information content (AvgIpc) is 3.31. The van der Waals surface area contributed by atoms with Crippen molar-refractivity contribution in [2.24, 2.45) is 0 Å². The van der Waals surface area contributed by atoms with E-state index in [-0.39, 0.29) is 23.8 Å². The van der Waals surface area contributed by atoms with E-state index in [0.29, 0.717) is 13.1 Å². The molecule has 0 atom stereocenters. The summed E-state index contributed by atoms with van der Waals surface area (Å²) in [7, 11) is 1.60. The lowest BCUT2D eigenvalue weighted by molar-refractivity contribution is -0.103. The third-order valence-electron chi connectivity index (χ3n) is 6.41. The fraction of sp³-hybridized carbons (Fsp3) is 0.400. The van der Waals surface area contributed by atoms with Crippen molar-refractivity contribution in [1.29, 1.82) is 0 Å². The normalized spacial score (nSPS) is 17.7. The number of aromatic nitrogens is 2. The molecule has 3 aromatic rings. The first-order chi connectivity index (χ1) is 16.4. The van der Waals surface area contributed by atoms with E-state index in [2.05, 4.69) is 15.1 Å². The fourth-order valence-corrected chi connectivity index (χ4v) is 4.22. The average molecular weight is 465 g/mol. The van der Waals surface area contributed by atoms with Gasteiger partial charge in [-0.2, -0.15) is 0 Å². The lowest BCUT2D eigenvalue weighted by atomic mass is 9.91. The first-order valence-electron chi connectivity index (χ1n) is 11.4. The van der Waals surface area contributed by atoms with E-state index in [1.807, 2.05) is 31.2 Å². The lowest BCUT2D eigenvalue weighted by Crippen LogP contribution is -2.60. The molecule has 0 saturated carbocycles. The SMILES string of the molecule is CCC1(O)CN(Cc2ccc(OC3CN(C(=O)c4nnc(-c5ccc(OC)cc5)o4)C3)cc2)C1. The molecular formula is C25H28N4O5. The van der Waals surface area contributed by atoms with Crippen molar-refractivity contribution in [2.75, 3.05) is 33.3 Å². The Morgan fingerprint density at radius 2 is 1.76 bits per heavy atom. The van der Waals surface area contributed by atoms with E-state index in [1.54, 1.807) is 36.3 Å². The molecule has 5 rings (SSSR count). The summed E-state index contributed by atoms with van der Waals surface area (Å²) in [5.74, 6) is 1.45. The molecule has 0 unspecified atom stereocenters. The van der Waals surface area contributed by atoms with Crippen LogP contribution in [0, 0.1) is 0 Å². The van der Waals surface area contributed by atoms with Gasteiger partial charge in [0, 0.05) is 25.2 Å². The molecule has 0 spiro atoms. The summed E-state index contributed by atoms with van der Waals surface area (Å²) in [6, 6.07) is 15.2. The van der Waals surface area contributed by atoms with Gasteiger partial charge in [0.1, 0.15) is 17.6 Å². The number of likely N-dealkylation sites (tertiary alicyclic amines) is 2. The van der Waals surface area contributed by atoms with Crippen molar-refractivity contribution in [2.45, 2.75) is 31.6 Å². The number of aliphatic hydroxyl groups is 1. The maximum Gasteiger partial charge on any atom is 0.311 e. The summed E-state index contributed by atoms with van der Waals surface area (Å²) in [5, 5.41) is 18.0. The smallest absolute Gasteiger partial charge is 0.311 e. The van der Waals surface area contributed by atoms with Gasteiger partial charge in [-0.3, -0.25) is 9.69 Å². The van der Waals surface area contributed by atoms with Gasteiger partial charge in [0.05, 0.1) is 25.8 Å². The molecule has 2 aliphatic heterocycles. The maximum atomic E-state index is 12.7. The summed E-state index contributed by atoms with van der Waals surface area (Å²) >= 11 is 0. The highest BCUT2D eigenvalue weighted by molar-refractivity contribution is 5.90. The van der Waals surface area contributed by atoms with Crippen LogP contribution in [-0.2, 0) is 6.54 Å². The summed E-state index contributed by atoms with van der Waals surface area (Å²) in [5.41, 5.74) is 1.38. The largest absolute Gasteiger partial charge is 0.497 e. The number of nitrogens with zero attached hydrogens (tertiary/aromatic N) is 4. The van der Waals surface area contributed by atoms with Crippen LogP contribution in [-0.4, -0.2) is 76.0 Å². The molecule has 2 aliphatic rings. The zero-order valence-electron chi connectivity index (χ0n) is 19.3. The van der Waals surface area contributed by atoms with E-state index < -0.39 is 5.60 Å². The predicted octanol–water partition coefficient (Wildman–Crippen LogP) is 2.61. The quantitative estimate of drug-likeness (QED) is 0.543. The van der Waals surface area contributed by atoms with Crippen LogP contribution in [0.2, 0.25) is 0 Å². The zero-order chi connectivity index (χ0) is 23.7. The van der Waals surface area contributed by atoms with Gasteiger partial charge in [0.15, 0.2) is 0 Å². The van der Waals surface area contributed by atoms with Crippen LogP contribution in [0.15, 0.2) is 52.9 Å². The van der Waals surface area contributed by atoms with Crippen LogP contribution in [0.5, 0.6) is 11.5 Å². The van der Waals surface area contributed by atoms with Crippen LogP contribution >= 0.6 is 0 Å². The number of hydrogen-bond acceptors (Lipinski definition) is 8. The Bertz CT molecular complexity index is 1130. The van der Waals surface area contributed by atoms with E-state index in [1.165, 1.54) is 5.56 Å². The minimum absolute atomic E-state index is 0.0328. The molecule has 0 radical (unpaired) electrons. The Balaban J connectivity index is 1.09. The topological polar surface area (TPSA) is 101 Å². The van der Waals surface area contributed by atoms with Gasteiger partial charge in [-0.1, -0.05) is 19.1 Å². The number of amides is 1. The van der Waals surface area contributed by atoms with Crippen molar-refractivity contribution in [3.63, 3.8) is 0 Å². The summed E-state index contributed by atoms with van der Waals surface area (Å²) < 4.78 is 16.7. The molecule has 0 aliphatic carbocycles. The van der Waals surface area contributed by atoms with Gasteiger partial charge in [-0.05, 0) is 48.4 Å². The van der Waals surface area contributed by atoms with Gasteiger partial charge in [0.25, 0.3) is 0 Å². The van der Waals surface area contributed by atoms with Crippen molar-refractivity contribution < 1.29 is 23.8 Å². The maximum absolute atomic E-state index is 12.7. The van der Waals surface area contributed by atoms with Crippen molar-refractivity contribution in [1.82, 2.24) is 20.0 Å². The Labute approximate surface area is 197 Å². The van der Waals surface area contributed by atoms with Crippen LogP contribution in [0.1, 0.15) is 29.6 Å². The summed E-state index contributed by atoms with van der Waals surface area (Å²) in [6.07, 6.45) is 0.710. The second-order valence-electron chi connectivity index (χ2n) is 8.96. The first kappa shape index (κ1) is 22.4. The van der Waals surface area contributed by atoms with Gasteiger partial charge in [-0.15, -0.1) is 10.2 Å². The Hall–Kier alpha value is -3.43. The van der Waals surface area contributed by atoms with E-state index in [9.17, 15) is 9.90 Å². The molecule has 9 nitrogen and oxygen atoms in total. The molecule has 0 bridgehead atoms. The number of methoxy groups -OCH3 is 1. The molecule has 178 valence electrons. The minimum atomic E-state index is -0.519. The molecular weight excluding hydrogens is 436 g/mol. The van der Waals surface area contributed by atoms with Crippen LogP contribution in [0.3, 0.4) is 0 Å². The molecule has 1 aromatic heterocycles. The molecule has 1 N–H and O–H groups in total. The Morgan fingerprint density at radius 3 is 2.41 bits per heavy atom. The van der Waals surface area contributed by atoms with Crippen LogP contribution < -0.4 is 9.47 Å². The number of hydrogen-bond donors (Lipinski definition) is 1.